The molecule has 1 aliphatic carbocycles. The Morgan fingerprint density at radius 3 is 2.68 bits per heavy atom. The van der Waals surface area contributed by atoms with Crippen LogP contribution in [-0.2, 0) is 4.79 Å². The Morgan fingerprint density at radius 2 is 2.14 bits per heavy atom. The summed E-state index contributed by atoms with van der Waals surface area (Å²) >= 11 is 5.93. The molecule has 5 nitrogen and oxygen atoms in total. The van der Waals surface area contributed by atoms with E-state index in [1.807, 2.05) is 12.1 Å². The number of halogens is 1. The number of carbonyl (C=O) groups is 1. The first-order valence-corrected chi connectivity index (χ1v) is 7.78. The molecule has 0 saturated heterocycles. The van der Waals surface area contributed by atoms with Crippen molar-refractivity contribution in [2.24, 2.45) is 16.5 Å². The fraction of sp³-hybridized carbons (Fsp3) is 0.500. The number of rotatable bonds is 4. The van der Waals surface area contributed by atoms with Crippen molar-refractivity contribution in [3.05, 3.63) is 29.3 Å². The summed E-state index contributed by atoms with van der Waals surface area (Å²) in [7, 11) is 0. The highest BCUT2D eigenvalue weighted by atomic mass is 35.5. The molecule has 1 saturated carbocycles. The van der Waals surface area contributed by atoms with E-state index in [0.29, 0.717) is 36.0 Å². The summed E-state index contributed by atoms with van der Waals surface area (Å²) in [5, 5.41) is 25.4. The lowest BCUT2D eigenvalue weighted by Crippen LogP contribution is -2.33. The second-order valence-corrected chi connectivity index (χ2v) is 6.63. The third-order valence-corrected chi connectivity index (χ3v) is 4.68. The largest absolute Gasteiger partial charge is 0.481 e. The minimum absolute atomic E-state index is 0.324. The van der Waals surface area contributed by atoms with Gasteiger partial charge in [-0.25, -0.2) is 0 Å². The Morgan fingerprint density at radius 1 is 1.45 bits per heavy atom. The smallest absolute Gasteiger partial charge is 0.309 e. The van der Waals surface area contributed by atoms with Crippen molar-refractivity contribution in [1.82, 2.24) is 0 Å². The molecule has 2 rings (SSSR count). The number of carboxylic acids is 1. The number of hydrogen-bond donors (Lipinski definition) is 3. The SMILES string of the molecule is C[C@]1(C(=O)O)CC[C@@H](C/C(=N\O)Nc2cccc(Cl)c2)CC1. The molecule has 0 unspecified atom stereocenters. The van der Waals surface area contributed by atoms with Crippen molar-refractivity contribution in [2.45, 2.75) is 39.0 Å². The maximum Gasteiger partial charge on any atom is 0.309 e. The van der Waals surface area contributed by atoms with Gasteiger partial charge in [-0.1, -0.05) is 22.8 Å². The fourth-order valence-corrected chi connectivity index (χ4v) is 3.05. The van der Waals surface area contributed by atoms with E-state index in [2.05, 4.69) is 10.5 Å². The van der Waals surface area contributed by atoms with Crippen molar-refractivity contribution >= 4 is 29.1 Å². The van der Waals surface area contributed by atoms with Crippen molar-refractivity contribution in [3.8, 4) is 0 Å². The Bertz CT molecular complexity index is 566. The zero-order valence-corrected chi connectivity index (χ0v) is 13.3. The van der Waals surface area contributed by atoms with Gasteiger partial charge in [-0.3, -0.25) is 4.79 Å². The minimum Gasteiger partial charge on any atom is -0.481 e. The molecule has 1 aromatic rings. The Balaban J connectivity index is 1.91. The molecule has 0 aromatic heterocycles. The van der Waals surface area contributed by atoms with Crippen LogP contribution in [0, 0.1) is 11.3 Å². The minimum atomic E-state index is -0.723. The first kappa shape index (κ1) is 16.6. The summed E-state index contributed by atoms with van der Waals surface area (Å²) in [6.07, 6.45) is 3.54. The lowest BCUT2D eigenvalue weighted by molar-refractivity contribution is -0.150. The Hall–Kier alpha value is -1.75. The maximum atomic E-state index is 11.2. The topological polar surface area (TPSA) is 81.9 Å². The van der Waals surface area contributed by atoms with Gasteiger partial charge in [0.25, 0.3) is 0 Å². The second-order valence-electron chi connectivity index (χ2n) is 6.20. The van der Waals surface area contributed by atoms with Crippen molar-refractivity contribution in [3.63, 3.8) is 0 Å². The molecule has 6 heteroatoms. The molecule has 0 atom stereocenters. The molecule has 0 aliphatic heterocycles. The molecule has 0 spiro atoms. The standard InChI is InChI=1S/C16H21ClN2O3/c1-16(15(20)21)7-5-11(6-8-16)9-14(19-22)18-13-4-2-3-12(17)10-13/h2-4,10-11,22H,5-9H2,1H3,(H,18,19)(H,20,21)/t11-,16+. The Kier molecular flexibility index (Phi) is 5.29. The molecule has 1 aromatic carbocycles. The lowest BCUT2D eigenvalue weighted by atomic mass is 9.71. The van der Waals surface area contributed by atoms with E-state index in [9.17, 15) is 15.1 Å². The van der Waals surface area contributed by atoms with Crippen LogP contribution in [0.2, 0.25) is 5.02 Å². The lowest BCUT2D eigenvalue weighted by Gasteiger charge is -2.33. The monoisotopic (exact) mass is 324 g/mol. The summed E-state index contributed by atoms with van der Waals surface area (Å²) in [6.45, 7) is 1.80. The van der Waals surface area contributed by atoms with E-state index in [-0.39, 0.29) is 0 Å². The van der Waals surface area contributed by atoms with E-state index < -0.39 is 11.4 Å². The van der Waals surface area contributed by atoms with E-state index in [1.54, 1.807) is 19.1 Å². The molecule has 22 heavy (non-hydrogen) atoms. The van der Waals surface area contributed by atoms with Crippen molar-refractivity contribution in [2.75, 3.05) is 5.32 Å². The molecule has 0 radical (unpaired) electrons. The Labute approximate surface area is 135 Å². The highest BCUT2D eigenvalue weighted by molar-refractivity contribution is 6.30. The van der Waals surface area contributed by atoms with Gasteiger partial charge in [0.05, 0.1) is 5.41 Å². The molecule has 0 bridgehead atoms. The average Bonchev–Trinajstić information content (AvgIpc) is 2.49. The molecule has 0 heterocycles. The first-order chi connectivity index (χ1) is 10.4. The zero-order chi connectivity index (χ0) is 16.2. The summed E-state index contributed by atoms with van der Waals surface area (Å²) < 4.78 is 0. The molecule has 1 fully saturated rings. The molecule has 3 N–H and O–H groups in total. The van der Waals surface area contributed by atoms with Gasteiger partial charge in [0.15, 0.2) is 0 Å². The van der Waals surface area contributed by atoms with Crippen molar-refractivity contribution < 1.29 is 15.1 Å². The number of amidine groups is 1. The average molecular weight is 325 g/mol. The third kappa shape index (κ3) is 4.13. The van der Waals surface area contributed by atoms with Crippen LogP contribution in [-0.4, -0.2) is 22.1 Å². The number of benzene rings is 1. The van der Waals surface area contributed by atoms with Gasteiger partial charge in [-0.15, -0.1) is 0 Å². The first-order valence-electron chi connectivity index (χ1n) is 7.40. The van der Waals surface area contributed by atoms with E-state index in [1.165, 1.54) is 0 Å². The van der Waals surface area contributed by atoms with Gasteiger partial charge < -0.3 is 15.6 Å². The van der Waals surface area contributed by atoms with Gasteiger partial charge in [-0.05, 0) is 56.7 Å². The van der Waals surface area contributed by atoms with Gasteiger partial charge in [0.2, 0.25) is 0 Å². The van der Waals surface area contributed by atoms with Crippen LogP contribution in [0.3, 0.4) is 0 Å². The van der Waals surface area contributed by atoms with Gasteiger partial charge >= 0.3 is 5.97 Å². The number of hydrogen-bond acceptors (Lipinski definition) is 3. The molecule has 1 aliphatic rings. The van der Waals surface area contributed by atoms with E-state index >= 15 is 0 Å². The number of carboxylic acid groups (broad SMARTS) is 1. The number of oxime groups is 1. The number of nitrogens with one attached hydrogen (secondary N) is 1. The van der Waals surface area contributed by atoms with Crippen LogP contribution in [0.15, 0.2) is 29.4 Å². The van der Waals surface area contributed by atoms with E-state index in [0.717, 1.165) is 18.5 Å². The van der Waals surface area contributed by atoms with Gasteiger partial charge in [0, 0.05) is 17.1 Å². The van der Waals surface area contributed by atoms with Crippen LogP contribution in [0.4, 0.5) is 5.69 Å². The molecular weight excluding hydrogens is 304 g/mol. The number of nitrogens with zero attached hydrogens (tertiary/aromatic N) is 1. The van der Waals surface area contributed by atoms with Gasteiger partial charge in [0.1, 0.15) is 5.84 Å². The van der Waals surface area contributed by atoms with Crippen LogP contribution in [0.25, 0.3) is 0 Å². The number of anilines is 1. The van der Waals surface area contributed by atoms with E-state index in [4.69, 9.17) is 11.6 Å². The summed E-state index contributed by atoms with van der Waals surface area (Å²) in [6, 6.07) is 7.20. The predicted octanol–water partition coefficient (Wildman–Crippen LogP) is 4.21. The molecule has 0 amide bonds. The normalized spacial score (nSPS) is 25.7. The highest BCUT2D eigenvalue weighted by Crippen LogP contribution is 2.40. The van der Waals surface area contributed by atoms with Crippen LogP contribution < -0.4 is 5.32 Å². The molecule has 120 valence electrons. The summed E-state index contributed by atoms with van der Waals surface area (Å²) in [5.41, 5.74) is 0.152. The van der Waals surface area contributed by atoms with Crippen LogP contribution in [0.5, 0.6) is 0 Å². The highest BCUT2D eigenvalue weighted by Gasteiger charge is 2.37. The fourth-order valence-electron chi connectivity index (χ4n) is 2.86. The zero-order valence-electron chi connectivity index (χ0n) is 12.6. The van der Waals surface area contributed by atoms with Crippen LogP contribution >= 0.6 is 11.6 Å². The predicted molar refractivity (Wildman–Crippen MR) is 86.6 cm³/mol. The summed E-state index contributed by atoms with van der Waals surface area (Å²) in [4.78, 5) is 11.2. The van der Waals surface area contributed by atoms with Crippen LogP contribution in [0.1, 0.15) is 39.0 Å². The summed E-state index contributed by atoms with van der Waals surface area (Å²) in [5.74, 6) is 0.0789. The van der Waals surface area contributed by atoms with Crippen molar-refractivity contribution in [1.29, 1.82) is 0 Å². The maximum absolute atomic E-state index is 11.2. The van der Waals surface area contributed by atoms with Gasteiger partial charge in [-0.2, -0.15) is 0 Å². The number of aliphatic carboxylic acids is 1. The molecular formula is C16H21ClN2O3. The third-order valence-electron chi connectivity index (χ3n) is 4.44. The second kappa shape index (κ2) is 7.01. The quantitative estimate of drug-likeness (QED) is 0.335.